The summed E-state index contributed by atoms with van der Waals surface area (Å²) in [6.45, 7) is 5.15. The topological polar surface area (TPSA) is 9.23 Å². The molecule has 41 valence electrons. The van der Waals surface area contributed by atoms with Crippen LogP contribution in [0.5, 0.6) is 0 Å². The summed E-state index contributed by atoms with van der Waals surface area (Å²) < 4.78 is 5.05. The molecule has 1 nitrogen and oxygen atoms in total. The van der Waals surface area contributed by atoms with Gasteiger partial charge in [0.15, 0.2) is 0 Å². The summed E-state index contributed by atoms with van der Waals surface area (Å²) in [5, 5.41) is 0. The Morgan fingerprint density at radius 1 is 1.57 bits per heavy atom. The second kappa shape index (κ2) is 2.31. The van der Waals surface area contributed by atoms with Crippen LogP contribution in [-0.4, -0.2) is 13.2 Å². The highest BCUT2D eigenvalue weighted by molar-refractivity contribution is 4.71. The molecule has 1 saturated carbocycles. The van der Waals surface area contributed by atoms with Gasteiger partial charge < -0.3 is 4.74 Å². The highest BCUT2D eigenvalue weighted by atomic mass is 16.5. The highest BCUT2D eigenvalue weighted by Crippen LogP contribution is 2.28. The molecule has 0 atom stereocenters. The van der Waals surface area contributed by atoms with Crippen molar-refractivity contribution in [1.82, 2.24) is 0 Å². The van der Waals surface area contributed by atoms with Crippen LogP contribution in [0.3, 0.4) is 0 Å². The normalized spacial score (nSPS) is 20.1. The van der Waals surface area contributed by atoms with Crippen LogP contribution < -0.4 is 0 Å². The quantitative estimate of drug-likeness (QED) is 0.517. The molecule has 0 saturated heterocycles. The molecule has 0 aromatic carbocycles. The molecular weight excluding hydrogens is 88.1 g/mol. The first-order valence-corrected chi connectivity index (χ1v) is 2.80. The number of hydrogen-bond donors (Lipinski definition) is 0. The molecule has 1 radical (unpaired) electrons. The summed E-state index contributed by atoms with van der Waals surface area (Å²) in [4.78, 5) is 0. The number of rotatable bonds is 3. The first kappa shape index (κ1) is 5.10. The van der Waals surface area contributed by atoms with Gasteiger partial charge in [-0.2, -0.15) is 0 Å². The molecule has 0 aromatic rings. The Morgan fingerprint density at radius 3 is 2.71 bits per heavy atom. The Labute approximate surface area is 44.7 Å². The summed E-state index contributed by atoms with van der Waals surface area (Å²) >= 11 is 0. The highest BCUT2D eigenvalue weighted by Gasteiger charge is 2.20. The summed E-state index contributed by atoms with van der Waals surface area (Å²) in [5.41, 5.74) is 0. The molecule has 1 fully saturated rings. The van der Waals surface area contributed by atoms with Crippen LogP contribution in [0.15, 0.2) is 0 Å². The first-order chi connectivity index (χ1) is 3.43. The van der Waals surface area contributed by atoms with E-state index in [9.17, 15) is 0 Å². The van der Waals surface area contributed by atoms with Crippen molar-refractivity contribution in [3.63, 3.8) is 0 Å². The SMILES string of the molecule is [CH2]COCC1CC1. The van der Waals surface area contributed by atoms with E-state index in [-0.39, 0.29) is 0 Å². The van der Waals surface area contributed by atoms with Crippen LogP contribution in [0, 0.1) is 12.8 Å². The number of hydrogen-bond acceptors (Lipinski definition) is 1. The van der Waals surface area contributed by atoms with E-state index in [1.54, 1.807) is 0 Å². The molecule has 7 heavy (non-hydrogen) atoms. The predicted molar refractivity (Wildman–Crippen MR) is 28.9 cm³/mol. The minimum Gasteiger partial charge on any atom is -0.381 e. The van der Waals surface area contributed by atoms with Crippen LogP contribution >= 0.6 is 0 Å². The summed E-state index contributed by atoms with van der Waals surface area (Å²) in [5.74, 6) is 0.891. The summed E-state index contributed by atoms with van der Waals surface area (Å²) in [7, 11) is 0. The van der Waals surface area contributed by atoms with Crippen molar-refractivity contribution in [3.05, 3.63) is 6.92 Å². The molecule has 0 amide bonds. The molecule has 0 aliphatic heterocycles. The minimum atomic E-state index is 0.635. The second-order valence-corrected chi connectivity index (χ2v) is 2.02. The Bertz CT molecular complexity index is 48.1. The summed E-state index contributed by atoms with van der Waals surface area (Å²) in [6.07, 6.45) is 2.75. The third-order valence-electron chi connectivity index (χ3n) is 1.19. The molecule has 0 heterocycles. The molecule has 0 aromatic heterocycles. The van der Waals surface area contributed by atoms with E-state index >= 15 is 0 Å². The molecular formula is C6H11O. The largest absolute Gasteiger partial charge is 0.381 e. The maximum atomic E-state index is 5.05. The van der Waals surface area contributed by atoms with Gasteiger partial charge in [0.05, 0.1) is 0 Å². The lowest BCUT2D eigenvalue weighted by molar-refractivity contribution is 0.150. The zero-order valence-corrected chi connectivity index (χ0v) is 4.52. The van der Waals surface area contributed by atoms with Gasteiger partial charge in [-0.15, -0.1) is 0 Å². The molecule has 0 unspecified atom stereocenters. The zero-order chi connectivity index (χ0) is 5.11. The van der Waals surface area contributed by atoms with Crippen molar-refractivity contribution in [2.75, 3.05) is 13.2 Å². The third-order valence-corrected chi connectivity index (χ3v) is 1.19. The molecule has 1 heteroatoms. The third kappa shape index (κ3) is 1.93. The maximum absolute atomic E-state index is 5.05. The van der Waals surface area contributed by atoms with Crippen molar-refractivity contribution in [3.8, 4) is 0 Å². The lowest BCUT2D eigenvalue weighted by Gasteiger charge is -1.93. The van der Waals surface area contributed by atoms with Crippen LogP contribution in [0.4, 0.5) is 0 Å². The molecule has 0 N–H and O–H groups in total. The fraction of sp³-hybridized carbons (Fsp3) is 0.833. The maximum Gasteiger partial charge on any atom is 0.0494 e. The first-order valence-electron chi connectivity index (χ1n) is 2.80. The van der Waals surface area contributed by atoms with E-state index in [1.807, 2.05) is 0 Å². The lowest BCUT2D eigenvalue weighted by atomic mass is 10.5. The van der Waals surface area contributed by atoms with Gasteiger partial charge in [-0.05, 0) is 25.7 Å². The molecule has 1 rings (SSSR count). The predicted octanol–water partition coefficient (Wildman–Crippen LogP) is 1.25. The average molecular weight is 99.2 g/mol. The summed E-state index contributed by atoms with van der Waals surface area (Å²) in [6, 6.07) is 0. The van der Waals surface area contributed by atoms with E-state index in [4.69, 9.17) is 4.74 Å². The van der Waals surface area contributed by atoms with E-state index in [2.05, 4.69) is 6.92 Å². The van der Waals surface area contributed by atoms with Gasteiger partial charge in [-0.3, -0.25) is 0 Å². The van der Waals surface area contributed by atoms with E-state index < -0.39 is 0 Å². The van der Waals surface area contributed by atoms with Crippen LogP contribution in [0.25, 0.3) is 0 Å². The van der Waals surface area contributed by atoms with Gasteiger partial charge >= 0.3 is 0 Å². The Hall–Kier alpha value is -0.0400. The monoisotopic (exact) mass is 99.1 g/mol. The van der Waals surface area contributed by atoms with Crippen molar-refractivity contribution >= 4 is 0 Å². The van der Waals surface area contributed by atoms with Crippen LogP contribution in [0.2, 0.25) is 0 Å². The van der Waals surface area contributed by atoms with Crippen LogP contribution in [0.1, 0.15) is 12.8 Å². The van der Waals surface area contributed by atoms with Gasteiger partial charge in [0.1, 0.15) is 0 Å². The standard InChI is InChI=1S/C6H11O/c1-2-7-5-6-3-4-6/h6H,1-5H2. The van der Waals surface area contributed by atoms with Crippen molar-refractivity contribution in [2.24, 2.45) is 5.92 Å². The minimum absolute atomic E-state index is 0.635. The number of ether oxygens (including phenoxy) is 1. The fourth-order valence-electron chi connectivity index (χ4n) is 0.535. The second-order valence-electron chi connectivity index (χ2n) is 2.02. The van der Waals surface area contributed by atoms with Crippen molar-refractivity contribution in [2.45, 2.75) is 12.8 Å². The van der Waals surface area contributed by atoms with E-state index in [0.29, 0.717) is 6.61 Å². The fourth-order valence-corrected chi connectivity index (χ4v) is 0.535. The Morgan fingerprint density at radius 2 is 2.29 bits per heavy atom. The molecule has 0 spiro atoms. The van der Waals surface area contributed by atoms with Crippen molar-refractivity contribution < 1.29 is 4.74 Å². The molecule has 1 aliphatic carbocycles. The van der Waals surface area contributed by atoms with E-state index in [1.165, 1.54) is 12.8 Å². The molecule has 0 bridgehead atoms. The van der Waals surface area contributed by atoms with Gasteiger partial charge in [0.25, 0.3) is 0 Å². The lowest BCUT2D eigenvalue weighted by Crippen LogP contribution is -1.93. The van der Waals surface area contributed by atoms with E-state index in [0.717, 1.165) is 12.5 Å². The van der Waals surface area contributed by atoms with Gasteiger partial charge in [0, 0.05) is 13.2 Å². The van der Waals surface area contributed by atoms with Crippen molar-refractivity contribution in [1.29, 1.82) is 0 Å². The molecule has 1 aliphatic rings. The van der Waals surface area contributed by atoms with Crippen LogP contribution in [-0.2, 0) is 4.74 Å². The van der Waals surface area contributed by atoms with Gasteiger partial charge in [0.2, 0.25) is 0 Å². The Balaban J connectivity index is 1.80. The zero-order valence-electron chi connectivity index (χ0n) is 4.52. The van der Waals surface area contributed by atoms with Gasteiger partial charge in [-0.1, -0.05) is 0 Å². The Kier molecular flexibility index (Phi) is 1.69. The van der Waals surface area contributed by atoms with Gasteiger partial charge in [-0.25, -0.2) is 0 Å². The average Bonchev–Trinajstić information content (AvgIpc) is 2.42. The smallest absolute Gasteiger partial charge is 0.0494 e.